The van der Waals surface area contributed by atoms with Gasteiger partial charge in [0.2, 0.25) is 0 Å². The molecule has 1 aromatic heterocycles. The van der Waals surface area contributed by atoms with Gasteiger partial charge in [0.15, 0.2) is 0 Å². The first-order valence-electron chi connectivity index (χ1n) is 7.10. The number of aliphatic hydroxyl groups excluding tert-OH is 1. The Kier molecular flexibility index (Phi) is 8.97. The number of aryl methyl sites for hydroxylation is 1. The van der Waals surface area contributed by atoms with Crippen LogP contribution in [0.2, 0.25) is 0 Å². The van der Waals surface area contributed by atoms with Crippen molar-refractivity contribution in [1.82, 2.24) is 10.3 Å². The quantitative estimate of drug-likeness (QED) is 0.605. The van der Waals surface area contributed by atoms with E-state index in [9.17, 15) is 5.11 Å². The molecular weight excluding hydrogens is 276 g/mol. The Labute approximate surface area is 125 Å². The first-order valence-corrected chi connectivity index (χ1v) is 7.98. The van der Waals surface area contributed by atoms with Crippen LogP contribution in [0, 0.1) is 6.92 Å². The van der Waals surface area contributed by atoms with Crippen molar-refractivity contribution in [3.63, 3.8) is 0 Å². The Morgan fingerprint density at radius 2 is 2.25 bits per heavy atom. The molecule has 1 aromatic rings. The van der Waals surface area contributed by atoms with E-state index in [1.807, 2.05) is 26.3 Å². The lowest BCUT2D eigenvalue weighted by atomic mass is 10.3. The van der Waals surface area contributed by atoms with Crippen molar-refractivity contribution in [2.75, 3.05) is 32.9 Å². The van der Waals surface area contributed by atoms with Crippen LogP contribution in [0.4, 0.5) is 0 Å². The van der Waals surface area contributed by atoms with Crippen molar-refractivity contribution < 1.29 is 14.6 Å². The van der Waals surface area contributed by atoms with Crippen molar-refractivity contribution in [1.29, 1.82) is 0 Å². The molecule has 2 atom stereocenters. The van der Waals surface area contributed by atoms with E-state index in [1.165, 1.54) is 4.88 Å². The first kappa shape index (κ1) is 17.5. The normalized spacial score (nSPS) is 14.4. The second-order valence-corrected chi connectivity index (χ2v) is 5.70. The van der Waals surface area contributed by atoms with E-state index in [1.54, 1.807) is 11.3 Å². The highest BCUT2D eigenvalue weighted by atomic mass is 32.1. The highest BCUT2D eigenvalue weighted by molar-refractivity contribution is 7.09. The highest BCUT2D eigenvalue weighted by Gasteiger charge is 2.07. The Bertz CT molecular complexity index is 360. The predicted molar refractivity (Wildman–Crippen MR) is 81.3 cm³/mol. The zero-order valence-electron chi connectivity index (χ0n) is 12.6. The van der Waals surface area contributed by atoms with Gasteiger partial charge in [-0.2, -0.15) is 0 Å². The maximum Gasteiger partial charge on any atom is 0.0897 e. The number of nitrogens with one attached hydrogen (secondary N) is 1. The summed E-state index contributed by atoms with van der Waals surface area (Å²) < 4.78 is 10.9. The van der Waals surface area contributed by atoms with E-state index >= 15 is 0 Å². The smallest absolute Gasteiger partial charge is 0.0897 e. The second kappa shape index (κ2) is 10.2. The Hall–Kier alpha value is -0.530. The molecule has 0 saturated carbocycles. The van der Waals surface area contributed by atoms with Crippen LogP contribution in [0.5, 0.6) is 0 Å². The van der Waals surface area contributed by atoms with Crippen molar-refractivity contribution in [2.24, 2.45) is 0 Å². The van der Waals surface area contributed by atoms with Gasteiger partial charge in [0.05, 0.1) is 36.6 Å². The zero-order valence-corrected chi connectivity index (χ0v) is 13.4. The lowest BCUT2D eigenvalue weighted by Gasteiger charge is -2.15. The minimum absolute atomic E-state index is 0.169. The third-order valence-corrected chi connectivity index (χ3v) is 3.89. The van der Waals surface area contributed by atoms with Crippen LogP contribution in [-0.4, -0.2) is 55.2 Å². The van der Waals surface area contributed by atoms with Gasteiger partial charge < -0.3 is 19.9 Å². The van der Waals surface area contributed by atoms with Gasteiger partial charge in [0.25, 0.3) is 0 Å². The molecule has 1 heterocycles. The zero-order chi connectivity index (χ0) is 14.8. The molecule has 0 aromatic carbocycles. The molecule has 2 N–H and O–H groups in total. The van der Waals surface area contributed by atoms with Crippen molar-refractivity contribution in [3.05, 3.63) is 16.1 Å². The Morgan fingerprint density at radius 1 is 1.45 bits per heavy atom. The molecule has 116 valence electrons. The van der Waals surface area contributed by atoms with Crippen LogP contribution in [0.1, 0.15) is 24.4 Å². The molecule has 5 nitrogen and oxygen atoms in total. The fourth-order valence-corrected chi connectivity index (χ4v) is 2.57. The summed E-state index contributed by atoms with van der Waals surface area (Å²) in [5.41, 5.74) is 2.92. The molecule has 0 aliphatic heterocycles. The van der Waals surface area contributed by atoms with Gasteiger partial charge >= 0.3 is 0 Å². The van der Waals surface area contributed by atoms with Crippen molar-refractivity contribution in [2.45, 2.75) is 39.4 Å². The average molecular weight is 302 g/mol. The molecule has 0 aliphatic carbocycles. The number of aliphatic hydroxyl groups is 1. The molecule has 0 fully saturated rings. The number of aromatic nitrogens is 1. The number of ether oxygens (including phenoxy) is 2. The SMILES string of the molecule is CCOC(C)CNCC(O)COCCc1scnc1C. The molecule has 0 bridgehead atoms. The fraction of sp³-hybridized carbons (Fsp3) is 0.786. The van der Waals surface area contributed by atoms with E-state index in [2.05, 4.69) is 10.3 Å². The molecule has 20 heavy (non-hydrogen) atoms. The van der Waals surface area contributed by atoms with Crippen LogP contribution >= 0.6 is 11.3 Å². The van der Waals surface area contributed by atoms with Gasteiger partial charge in [-0.1, -0.05) is 0 Å². The van der Waals surface area contributed by atoms with Gasteiger partial charge in [0, 0.05) is 31.0 Å². The molecule has 0 amide bonds. The van der Waals surface area contributed by atoms with Crippen LogP contribution in [0.3, 0.4) is 0 Å². The lowest BCUT2D eigenvalue weighted by Crippen LogP contribution is -2.35. The largest absolute Gasteiger partial charge is 0.389 e. The van der Waals surface area contributed by atoms with Gasteiger partial charge in [-0.15, -0.1) is 11.3 Å². The number of hydrogen-bond donors (Lipinski definition) is 2. The first-order chi connectivity index (χ1) is 9.63. The van der Waals surface area contributed by atoms with E-state index in [0.29, 0.717) is 26.4 Å². The topological polar surface area (TPSA) is 63.6 Å². The third kappa shape index (κ3) is 7.31. The fourth-order valence-electron chi connectivity index (χ4n) is 1.81. The summed E-state index contributed by atoms with van der Waals surface area (Å²) in [5, 5.41) is 12.9. The summed E-state index contributed by atoms with van der Waals surface area (Å²) in [7, 11) is 0. The summed E-state index contributed by atoms with van der Waals surface area (Å²) in [6, 6.07) is 0. The molecule has 0 aliphatic rings. The van der Waals surface area contributed by atoms with Gasteiger partial charge in [-0.05, 0) is 20.8 Å². The van der Waals surface area contributed by atoms with Gasteiger partial charge in [-0.3, -0.25) is 0 Å². The average Bonchev–Trinajstić information content (AvgIpc) is 2.81. The summed E-state index contributed by atoms with van der Waals surface area (Å²) in [6.07, 6.45) is 0.548. The minimum Gasteiger partial charge on any atom is -0.389 e. The molecule has 0 radical (unpaired) electrons. The van der Waals surface area contributed by atoms with E-state index < -0.39 is 6.10 Å². The summed E-state index contributed by atoms with van der Waals surface area (Å²) in [6.45, 7) is 8.95. The van der Waals surface area contributed by atoms with Crippen LogP contribution in [-0.2, 0) is 15.9 Å². The van der Waals surface area contributed by atoms with Crippen LogP contribution in [0.25, 0.3) is 0 Å². The monoisotopic (exact) mass is 302 g/mol. The summed E-state index contributed by atoms with van der Waals surface area (Å²) >= 11 is 1.65. The van der Waals surface area contributed by atoms with Gasteiger partial charge in [0.1, 0.15) is 0 Å². The molecule has 6 heteroatoms. The predicted octanol–water partition coefficient (Wildman–Crippen LogP) is 1.39. The number of hydrogen-bond acceptors (Lipinski definition) is 6. The maximum atomic E-state index is 9.77. The molecular formula is C14H26N2O3S. The Morgan fingerprint density at radius 3 is 2.90 bits per heavy atom. The minimum atomic E-state index is -0.480. The van der Waals surface area contributed by atoms with Crippen LogP contribution < -0.4 is 5.32 Å². The molecule has 0 saturated heterocycles. The van der Waals surface area contributed by atoms with Gasteiger partial charge in [-0.25, -0.2) is 4.98 Å². The van der Waals surface area contributed by atoms with Crippen molar-refractivity contribution in [3.8, 4) is 0 Å². The number of rotatable bonds is 11. The lowest BCUT2D eigenvalue weighted by molar-refractivity contribution is 0.0333. The maximum absolute atomic E-state index is 9.77. The van der Waals surface area contributed by atoms with E-state index in [-0.39, 0.29) is 6.10 Å². The molecule has 1 rings (SSSR count). The summed E-state index contributed by atoms with van der Waals surface area (Å²) in [4.78, 5) is 5.45. The molecule has 0 spiro atoms. The van der Waals surface area contributed by atoms with E-state index in [0.717, 1.165) is 18.7 Å². The van der Waals surface area contributed by atoms with Crippen molar-refractivity contribution >= 4 is 11.3 Å². The highest BCUT2D eigenvalue weighted by Crippen LogP contribution is 2.12. The van der Waals surface area contributed by atoms with Crippen LogP contribution in [0.15, 0.2) is 5.51 Å². The number of thiazole rings is 1. The number of nitrogens with zero attached hydrogens (tertiary/aromatic N) is 1. The summed E-state index contributed by atoms with van der Waals surface area (Å²) in [5.74, 6) is 0. The molecule has 2 unspecified atom stereocenters. The Balaban J connectivity index is 2.00. The third-order valence-electron chi connectivity index (χ3n) is 2.89. The van der Waals surface area contributed by atoms with E-state index in [4.69, 9.17) is 9.47 Å². The standard InChI is InChI=1S/C14H26N2O3S/c1-4-19-11(2)7-15-8-13(17)9-18-6-5-14-12(3)16-10-20-14/h10-11,13,15,17H,4-9H2,1-3H3. The second-order valence-electron chi connectivity index (χ2n) is 4.76.